The second-order valence-corrected chi connectivity index (χ2v) is 10.6. The highest BCUT2D eigenvalue weighted by atomic mass is 16.2. The van der Waals surface area contributed by atoms with Crippen LogP contribution in [-0.2, 0) is 16.0 Å². The summed E-state index contributed by atoms with van der Waals surface area (Å²) >= 11 is 0. The Bertz CT molecular complexity index is 980. The van der Waals surface area contributed by atoms with Crippen molar-refractivity contribution in [1.29, 1.82) is 0 Å². The molecule has 0 spiro atoms. The first kappa shape index (κ1) is 24.1. The summed E-state index contributed by atoms with van der Waals surface area (Å²) in [6.07, 6.45) is 8.39. The van der Waals surface area contributed by atoms with Gasteiger partial charge in [-0.15, -0.1) is 0 Å². The standard InChI is InChI=1S/C30H39N3O2/c34-29(21-23-11-13-25(14-12-23)24-7-2-1-3-8-24)33-19-15-26(16-20-33)30(35)31-22-27-9-6-18-32-17-5-4-10-28(27)32/h1-3,7-8,11-14,26-28H,4-6,9-10,15-22H2,(H,31,35). The van der Waals surface area contributed by atoms with Crippen LogP contribution in [0.4, 0.5) is 0 Å². The number of carbonyl (C=O) groups is 2. The van der Waals surface area contributed by atoms with Gasteiger partial charge in [-0.1, -0.05) is 61.0 Å². The Morgan fingerprint density at radius 3 is 2.26 bits per heavy atom. The number of fused-ring (bicyclic) bond motifs is 1. The number of likely N-dealkylation sites (tertiary alicyclic amines) is 1. The van der Waals surface area contributed by atoms with Crippen LogP contribution in [-0.4, -0.2) is 60.4 Å². The molecule has 186 valence electrons. The summed E-state index contributed by atoms with van der Waals surface area (Å²) < 4.78 is 0. The minimum Gasteiger partial charge on any atom is -0.356 e. The van der Waals surface area contributed by atoms with Crippen LogP contribution in [0.15, 0.2) is 54.6 Å². The number of nitrogens with zero attached hydrogens (tertiary/aromatic N) is 2. The molecule has 5 rings (SSSR count). The van der Waals surface area contributed by atoms with Crippen LogP contribution in [0, 0.1) is 11.8 Å². The number of benzene rings is 2. The molecule has 35 heavy (non-hydrogen) atoms. The summed E-state index contributed by atoms with van der Waals surface area (Å²) in [7, 11) is 0. The van der Waals surface area contributed by atoms with E-state index in [1.807, 2.05) is 23.1 Å². The van der Waals surface area contributed by atoms with E-state index in [1.165, 1.54) is 50.8 Å². The maximum atomic E-state index is 12.9. The Morgan fingerprint density at radius 2 is 1.49 bits per heavy atom. The monoisotopic (exact) mass is 473 g/mol. The molecule has 3 fully saturated rings. The fourth-order valence-corrected chi connectivity index (χ4v) is 6.31. The van der Waals surface area contributed by atoms with Gasteiger partial charge in [-0.3, -0.25) is 9.59 Å². The first-order valence-electron chi connectivity index (χ1n) is 13.6. The number of carbonyl (C=O) groups excluding carboxylic acids is 2. The number of hydrogen-bond donors (Lipinski definition) is 1. The number of piperidine rings is 3. The number of rotatable bonds is 6. The van der Waals surface area contributed by atoms with Crippen LogP contribution in [0.25, 0.3) is 11.1 Å². The molecule has 3 aliphatic heterocycles. The first-order chi connectivity index (χ1) is 17.2. The molecule has 2 amide bonds. The third kappa shape index (κ3) is 5.95. The highest BCUT2D eigenvalue weighted by Gasteiger charge is 2.34. The van der Waals surface area contributed by atoms with Gasteiger partial charge in [-0.05, 0) is 74.2 Å². The number of nitrogens with one attached hydrogen (secondary N) is 1. The van der Waals surface area contributed by atoms with Crippen LogP contribution in [0.3, 0.4) is 0 Å². The quantitative estimate of drug-likeness (QED) is 0.671. The first-order valence-corrected chi connectivity index (χ1v) is 13.6. The van der Waals surface area contributed by atoms with Gasteiger partial charge in [0.05, 0.1) is 6.42 Å². The minimum absolute atomic E-state index is 0.0373. The predicted molar refractivity (Wildman–Crippen MR) is 140 cm³/mol. The third-order valence-corrected chi connectivity index (χ3v) is 8.40. The largest absolute Gasteiger partial charge is 0.356 e. The molecule has 3 heterocycles. The second kappa shape index (κ2) is 11.4. The molecule has 2 unspecified atom stereocenters. The van der Waals surface area contributed by atoms with E-state index < -0.39 is 0 Å². The smallest absolute Gasteiger partial charge is 0.226 e. The van der Waals surface area contributed by atoms with E-state index in [0.29, 0.717) is 31.5 Å². The van der Waals surface area contributed by atoms with Crippen molar-refractivity contribution in [3.05, 3.63) is 60.2 Å². The molecule has 3 saturated heterocycles. The van der Waals surface area contributed by atoms with Crippen LogP contribution < -0.4 is 5.32 Å². The van der Waals surface area contributed by atoms with E-state index in [9.17, 15) is 9.59 Å². The molecular weight excluding hydrogens is 434 g/mol. The molecule has 2 aromatic carbocycles. The van der Waals surface area contributed by atoms with Crippen molar-refractivity contribution in [2.24, 2.45) is 11.8 Å². The number of amides is 2. The van der Waals surface area contributed by atoms with Crippen molar-refractivity contribution < 1.29 is 9.59 Å². The highest BCUT2D eigenvalue weighted by Crippen LogP contribution is 2.30. The van der Waals surface area contributed by atoms with Gasteiger partial charge in [-0.2, -0.15) is 0 Å². The number of hydrogen-bond acceptors (Lipinski definition) is 3. The summed E-state index contributed by atoms with van der Waals surface area (Å²) in [4.78, 5) is 30.4. The van der Waals surface area contributed by atoms with Gasteiger partial charge in [0.1, 0.15) is 0 Å². The lowest BCUT2D eigenvalue weighted by Gasteiger charge is -2.44. The van der Waals surface area contributed by atoms with Crippen LogP contribution >= 0.6 is 0 Å². The molecule has 3 aliphatic rings. The second-order valence-electron chi connectivity index (χ2n) is 10.6. The zero-order chi connectivity index (χ0) is 24.0. The fourth-order valence-electron chi connectivity index (χ4n) is 6.31. The Balaban J connectivity index is 1.06. The maximum Gasteiger partial charge on any atom is 0.226 e. The van der Waals surface area contributed by atoms with Crippen molar-refractivity contribution in [1.82, 2.24) is 15.1 Å². The molecule has 1 N–H and O–H groups in total. The van der Waals surface area contributed by atoms with Crippen molar-refractivity contribution in [3.63, 3.8) is 0 Å². The fraction of sp³-hybridized carbons (Fsp3) is 0.533. The molecule has 2 aromatic rings. The Hall–Kier alpha value is -2.66. The SMILES string of the molecule is O=C(NCC1CCCN2CCCCC12)C1CCN(C(=O)Cc2ccc(-c3ccccc3)cc2)CC1. The molecule has 5 nitrogen and oxygen atoms in total. The Kier molecular flexibility index (Phi) is 7.82. The lowest BCUT2D eigenvalue weighted by Crippen LogP contribution is -2.51. The molecule has 0 radical (unpaired) electrons. The van der Waals surface area contributed by atoms with Crippen LogP contribution in [0.1, 0.15) is 50.5 Å². The van der Waals surface area contributed by atoms with E-state index >= 15 is 0 Å². The molecular formula is C30H39N3O2. The topological polar surface area (TPSA) is 52.7 Å². The van der Waals surface area contributed by atoms with Crippen molar-refractivity contribution in [2.45, 2.75) is 57.4 Å². The zero-order valence-corrected chi connectivity index (χ0v) is 20.8. The lowest BCUT2D eigenvalue weighted by molar-refractivity contribution is -0.135. The van der Waals surface area contributed by atoms with E-state index in [2.05, 4.69) is 46.6 Å². The minimum atomic E-state index is 0.0373. The molecule has 5 heteroatoms. The highest BCUT2D eigenvalue weighted by molar-refractivity contribution is 5.81. The van der Waals surface area contributed by atoms with Gasteiger partial charge in [0, 0.05) is 31.6 Å². The van der Waals surface area contributed by atoms with E-state index in [0.717, 1.165) is 30.5 Å². The van der Waals surface area contributed by atoms with Crippen molar-refractivity contribution in [3.8, 4) is 11.1 Å². The summed E-state index contributed by atoms with van der Waals surface area (Å²) in [5, 5.41) is 3.29. The van der Waals surface area contributed by atoms with Crippen molar-refractivity contribution in [2.75, 3.05) is 32.7 Å². The van der Waals surface area contributed by atoms with Gasteiger partial charge < -0.3 is 15.1 Å². The van der Waals surface area contributed by atoms with Gasteiger partial charge in [-0.25, -0.2) is 0 Å². The third-order valence-electron chi connectivity index (χ3n) is 8.40. The van der Waals surface area contributed by atoms with Crippen molar-refractivity contribution >= 4 is 11.8 Å². The van der Waals surface area contributed by atoms with Gasteiger partial charge in [0.2, 0.25) is 11.8 Å². The molecule has 0 saturated carbocycles. The van der Waals surface area contributed by atoms with E-state index in [4.69, 9.17) is 0 Å². The normalized spacial score (nSPS) is 23.5. The van der Waals surface area contributed by atoms with Crippen LogP contribution in [0.2, 0.25) is 0 Å². The van der Waals surface area contributed by atoms with Gasteiger partial charge in [0.15, 0.2) is 0 Å². The zero-order valence-electron chi connectivity index (χ0n) is 20.8. The lowest BCUT2D eigenvalue weighted by atomic mass is 9.83. The average Bonchev–Trinajstić information content (AvgIpc) is 2.92. The Labute approximate surface area is 209 Å². The van der Waals surface area contributed by atoms with Crippen LogP contribution in [0.5, 0.6) is 0 Å². The molecule has 0 aliphatic carbocycles. The predicted octanol–water partition coefficient (Wildman–Crippen LogP) is 4.52. The van der Waals surface area contributed by atoms with E-state index in [-0.39, 0.29) is 17.7 Å². The molecule has 0 bridgehead atoms. The summed E-state index contributed by atoms with van der Waals surface area (Å²) in [6, 6.07) is 19.2. The summed E-state index contributed by atoms with van der Waals surface area (Å²) in [5.41, 5.74) is 3.39. The maximum absolute atomic E-state index is 12.9. The summed E-state index contributed by atoms with van der Waals surface area (Å²) in [5.74, 6) is 0.996. The molecule has 2 atom stereocenters. The Morgan fingerprint density at radius 1 is 0.771 bits per heavy atom. The summed E-state index contributed by atoms with van der Waals surface area (Å²) in [6.45, 7) is 4.65. The average molecular weight is 474 g/mol. The van der Waals surface area contributed by atoms with Gasteiger partial charge >= 0.3 is 0 Å². The van der Waals surface area contributed by atoms with E-state index in [1.54, 1.807) is 0 Å². The van der Waals surface area contributed by atoms with Gasteiger partial charge in [0.25, 0.3) is 0 Å². The molecule has 0 aromatic heterocycles.